The van der Waals surface area contributed by atoms with Gasteiger partial charge in [-0.15, -0.1) is 0 Å². The van der Waals surface area contributed by atoms with Crippen molar-refractivity contribution in [3.8, 4) is 0 Å². The third-order valence-corrected chi connectivity index (χ3v) is 4.03. The highest BCUT2D eigenvalue weighted by Gasteiger charge is 2.22. The molecule has 3 nitrogen and oxygen atoms in total. The van der Waals surface area contributed by atoms with Gasteiger partial charge in [0.25, 0.3) is 0 Å². The van der Waals surface area contributed by atoms with E-state index in [2.05, 4.69) is 17.5 Å². The van der Waals surface area contributed by atoms with E-state index in [0.29, 0.717) is 30.9 Å². The lowest BCUT2D eigenvalue weighted by atomic mass is 9.86. The normalized spacial score (nSPS) is 32.6. The van der Waals surface area contributed by atoms with Crippen molar-refractivity contribution in [1.82, 2.24) is 5.32 Å². The highest BCUT2D eigenvalue weighted by atomic mass is 16.3. The van der Waals surface area contributed by atoms with Gasteiger partial charge >= 0.3 is 0 Å². The van der Waals surface area contributed by atoms with Gasteiger partial charge in [0.1, 0.15) is 0 Å². The largest absolute Gasteiger partial charge is 0.396 e. The maximum Gasteiger partial charge on any atom is 0.220 e. The van der Waals surface area contributed by atoms with Crippen LogP contribution < -0.4 is 5.32 Å². The fraction of sp³-hybridized carbons (Fsp3) is 0.786. The number of hydrogen-bond acceptors (Lipinski definition) is 2. The second-order valence-corrected chi connectivity index (χ2v) is 5.44. The molecule has 17 heavy (non-hydrogen) atoms. The van der Waals surface area contributed by atoms with Gasteiger partial charge in [-0.1, -0.05) is 12.2 Å². The fourth-order valence-electron chi connectivity index (χ4n) is 2.88. The quantitative estimate of drug-likeness (QED) is 0.735. The summed E-state index contributed by atoms with van der Waals surface area (Å²) in [5.74, 6) is 1.12. The summed E-state index contributed by atoms with van der Waals surface area (Å²) >= 11 is 0. The molecule has 2 aliphatic rings. The van der Waals surface area contributed by atoms with Crippen LogP contribution in [0.25, 0.3) is 0 Å². The second-order valence-electron chi connectivity index (χ2n) is 5.44. The van der Waals surface area contributed by atoms with Crippen molar-refractivity contribution in [1.29, 1.82) is 0 Å². The predicted molar refractivity (Wildman–Crippen MR) is 67.5 cm³/mol. The van der Waals surface area contributed by atoms with Gasteiger partial charge in [-0.3, -0.25) is 4.79 Å². The summed E-state index contributed by atoms with van der Waals surface area (Å²) in [5.41, 5.74) is 0. The molecule has 0 aromatic rings. The van der Waals surface area contributed by atoms with Crippen molar-refractivity contribution in [2.75, 3.05) is 6.61 Å². The molecule has 0 spiro atoms. The molecule has 2 aliphatic carbocycles. The Balaban J connectivity index is 1.66. The van der Waals surface area contributed by atoms with Gasteiger partial charge in [0.2, 0.25) is 5.91 Å². The van der Waals surface area contributed by atoms with Gasteiger partial charge in [0.15, 0.2) is 0 Å². The highest BCUT2D eigenvalue weighted by Crippen LogP contribution is 2.24. The molecule has 0 bridgehead atoms. The Morgan fingerprint density at radius 3 is 2.59 bits per heavy atom. The number of amides is 1. The number of carbonyl (C=O) groups excluding carboxylic acids is 1. The molecule has 0 aromatic carbocycles. The number of carbonyl (C=O) groups is 1. The monoisotopic (exact) mass is 237 g/mol. The zero-order valence-electron chi connectivity index (χ0n) is 10.4. The summed E-state index contributed by atoms with van der Waals surface area (Å²) in [6.07, 6.45) is 11.4. The zero-order valence-corrected chi connectivity index (χ0v) is 10.4. The Hall–Kier alpha value is -0.830. The predicted octanol–water partition coefficient (Wildman–Crippen LogP) is 2.01. The van der Waals surface area contributed by atoms with Crippen LogP contribution in [0.5, 0.6) is 0 Å². The van der Waals surface area contributed by atoms with E-state index in [0.717, 1.165) is 38.5 Å². The molecule has 3 heteroatoms. The van der Waals surface area contributed by atoms with Gasteiger partial charge in [0.05, 0.1) is 0 Å². The van der Waals surface area contributed by atoms with Crippen LogP contribution in [0.1, 0.15) is 44.9 Å². The maximum atomic E-state index is 11.8. The SMILES string of the molecule is O=C(C[C@H]1C=CCC1)NC1CCC(CO)CC1. The lowest BCUT2D eigenvalue weighted by Crippen LogP contribution is -2.38. The molecule has 1 amide bonds. The number of rotatable bonds is 4. The average Bonchev–Trinajstić information content (AvgIpc) is 2.82. The molecule has 2 N–H and O–H groups in total. The van der Waals surface area contributed by atoms with E-state index in [1.165, 1.54) is 0 Å². The number of allylic oxidation sites excluding steroid dienone is 2. The third-order valence-electron chi connectivity index (χ3n) is 4.03. The van der Waals surface area contributed by atoms with E-state index in [-0.39, 0.29) is 5.91 Å². The van der Waals surface area contributed by atoms with Crippen molar-refractivity contribution in [3.05, 3.63) is 12.2 Å². The van der Waals surface area contributed by atoms with Crippen LogP contribution in [-0.4, -0.2) is 23.7 Å². The summed E-state index contributed by atoms with van der Waals surface area (Å²) in [7, 11) is 0. The van der Waals surface area contributed by atoms with E-state index in [1.54, 1.807) is 0 Å². The van der Waals surface area contributed by atoms with Gasteiger partial charge in [-0.05, 0) is 50.4 Å². The summed E-state index contributed by atoms with van der Waals surface area (Å²) in [6, 6.07) is 0.343. The molecule has 1 saturated carbocycles. The number of aliphatic hydroxyl groups excluding tert-OH is 1. The minimum atomic E-state index is 0.203. The first-order valence-electron chi connectivity index (χ1n) is 6.85. The minimum absolute atomic E-state index is 0.203. The number of aliphatic hydroxyl groups is 1. The van der Waals surface area contributed by atoms with Crippen LogP contribution in [0.4, 0.5) is 0 Å². The minimum Gasteiger partial charge on any atom is -0.396 e. The van der Waals surface area contributed by atoms with E-state index < -0.39 is 0 Å². The maximum absolute atomic E-state index is 11.8. The Morgan fingerprint density at radius 2 is 2.00 bits per heavy atom. The van der Waals surface area contributed by atoms with Crippen molar-refractivity contribution in [2.45, 2.75) is 51.0 Å². The van der Waals surface area contributed by atoms with Crippen LogP contribution in [0.2, 0.25) is 0 Å². The van der Waals surface area contributed by atoms with Crippen LogP contribution >= 0.6 is 0 Å². The van der Waals surface area contributed by atoms with E-state index in [4.69, 9.17) is 5.11 Å². The first-order valence-corrected chi connectivity index (χ1v) is 6.85. The van der Waals surface area contributed by atoms with Gasteiger partial charge in [0, 0.05) is 19.1 Å². The zero-order chi connectivity index (χ0) is 12.1. The Labute approximate surface area is 103 Å². The molecule has 0 aliphatic heterocycles. The van der Waals surface area contributed by atoms with Crippen molar-refractivity contribution >= 4 is 5.91 Å². The molecule has 0 aromatic heterocycles. The molecule has 0 saturated heterocycles. The standard InChI is InChI=1S/C14H23NO2/c16-10-12-5-7-13(8-6-12)15-14(17)9-11-3-1-2-4-11/h1,3,11-13,16H,2,4-10H2,(H,15,17)/t11-,12?,13?/m0/s1. The number of hydrogen-bond donors (Lipinski definition) is 2. The smallest absolute Gasteiger partial charge is 0.220 e. The van der Waals surface area contributed by atoms with Crippen molar-refractivity contribution in [3.63, 3.8) is 0 Å². The van der Waals surface area contributed by atoms with E-state index >= 15 is 0 Å². The van der Waals surface area contributed by atoms with Gasteiger partial charge < -0.3 is 10.4 Å². The summed E-state index contributed by atoms with van der Waals surface area (Å²) in [4.78, 5) is 11.8. The summed E-state index contributed by atoms with van der Waals surface area (Å²) < 4.78 is 0. The van der Waals surface area contributed by atoms with Gasteiger partial charge in [-0.25, -0.2) is 0 Å². The molecule has 96 valence electrons. The topological polar surface area (TPSA) is 49.3 Å². The molecule has 0 radical (unpaired) electrons. The lowest BCUT2D eigenvalue weighted by Gasteiger charge is -2.28. The second kappa shape index (κ2) is 6.20. The molecule has 0 unspecified atom stereocenters. The third kappa shape index (κ3) is 3.84. The van der Waals surface area contributed by atoms with Crippen LogP contribution in [0.15, 0.2) is 12.2 Å². The number of nitrogens with one attached hydrogen (secondary N) is 1. The van der Waals surface area contributed by atoms with Crippen LogP contribution in [0.3, 0.4) is 0 Å². The average molecular weight is 237 g/mol. The Kier molecular flexibility index (Phi) is 4.60. The van der Waals surface area contributed by atoms with Gasteiger partial charge in [-0.2, -0.15) is 0 Å². The molecule has 1 fully saturated rings. The molecule has 2 rings (SSSR count). The molecular weight excluding hydrogens is 214 g/mol. The Bertz CT molecular complexity index is 280. The molecular formula is C14H23NO2. The first-order chi connectivity index (χ1) is 8.28. The highest BCUT2D eigenvalue weighted by molar-refractivity contribution is 5.76. The Morgan fingerprint density at radius 1 is 1.24 bits per heavy atom. The van der Waals surface area contributed by atoms with E-state index in [9.17, 15) is 4.79 Å². The molecule has 1 atom stereocenters. The van der Waals surface area contributed by atoms with Crippen LogP contribution in [-0.2, 0) is 4.79 Å². The van der Waals surface area contributed by atoms with E-state index in [1.807, 2.05) is 0 Å². The summed E-state index contributed by atoms with van der Waals surface area (Å²) in [6.45, 7) is 0.299. The summed E-state index contributed by atoms with van der Waals surface area (Å²) in [5, 5.41) is 12.2. The lowest BCUT2D eigenvalue weighted by molar-refractivity contribution is -0.122. The van der Waals surface area contributed by atoms with Crippen molar-refractivity contribution < 1.29 is 9.90 Å². The first kappa shape index (κ1) is 12.6. The van der Waals surface area contributed by atoms with Crippen LogP contribution in [0, 0.1) is 11.8 Å². The fourth-order valence-corrected chi connectivity index (χ4v) is 2.88. The van der Waals surface area contributed by atoms with Crippen molar-refractivity contribution in [2.24, 2.45) is 11.8 Å². The molecule has 0 heterocycles.